The summed E-state index contributed by atoms with van der Waals surface area (Å²) in [6.45, 7) is 0. The second-order valence-electron chi connectivity index (χ2n) is 6.65. The number of aromatic carboxylic acids is 1. The lowest BCUT2D eigenvalue weighted by Crippen LogP contribution is -2.14. The van der Waals surface area contributed by atoms with Gasteiger partial charge in [0, 0.05) is 11.0 Å². The van der Waals surface area contributed by atoms with E-state index in [9.17, 15) is 19.5 Å². The van der Waals surface area contributed by atoms with Crippen molar-refractivity contribution in [1.82, 2.24) is 0 Å². The number of carboxylic acid groups (broad SMARTS) is 1. The lowest BCUT2D eigenvalue weighted by Gasteiger charge is -2.17. The van der Waals surface area contributed by atoms with Crippen molar-refractivity contribution in [3.63, 3.8) is 0 Å². The fourth-order valence-electron chi connectivity index (χ4n) is 3.00. The normalized spacial score (nSPS) is 11.6. The standard InChI is InChI=1S/C23H20O7S/c1-29-20(25)12-18(14-7-9-15(10-8-14)23(27)28)22-21(26)19(24)11-16(30-22)13-31-17-5-3-2-4-6-17/h2-11,18,26H,12-13H2,1H3,(H,27,28). The van der Waals surface area contributed by atoms with Crippen LogP contribution in [0.4, 0.5) is 0 Å². The molecule has 0 saturated heterocycles. The Morgan fingerprint density at radius 2 is 1.77 bits per heavy atom. The van der Waals surface area contributed by atoms with Crippen molar-refractivity contribution in [2.75, 3.05) is 7.11 Å². The van der Waals surface area contributed by atoms with Crippen LogP contribution < -0.4 is 5.43 Å². The molecule has 8 heteroatoms. The molecule has 1 heterocycles. The first-order chi connectivity index (χ1) is 14.9. The summed E-state index contributed by atoms with van der Waals surface area (Å²) in [5.41, 5.74) is -0.0529. The van der Waals surface area contributed by atoms with Gasteiger partial charge in [-0.1, -0.05) is 30.3 Å². The number of esters is 1. The van der Waals surface area contributed by atoms with Gasteiger partial charge in [0.05, 0.1) is 30.8 Å². The molecule has 1 unspecified atom stereocenters. The Morgan fingerprint density at radius 1 is 1.10 bits per heavy atom. The smallest absolute Gasteiger partial charge is 0.335 e. The molecular weight excluding hydrogens is 420 g/mol. The molecule has 31 heavy (non-hydrogen) atoms. The number of hydrogen-bond acceptors (Lipinski definition) is 7. The zero-order valence-corrected chi connectivity index (χ0v) is 17.4. The SMILES string of the molecule is COC(=O)CC(c1ccc(C(=O)O)cc1)c1oc(CSc2ccccc2)cc(=O)c1O. The van der Waals surface area contributed by atoms with Crippen LogP contribution >= 0.6 is 11.8 Å². The van der Waals surface area contributed by atoms with Crippen LogP contribution in [0, 0.1) is 0 Å². The minimum Gasteiger partial charge on any atom is -0.502 e. The summed E-state index contributed by atoms with van der Waals surface area (Å²) in [5, 5.41) is 19.5. The van der Waals surface area contributed by atoms with Gasteiger partial charge < -0.3 is 19.4 Å². The van der Waals surface area contributed by atoms with Crippen molar-refractivity contribution in [3.8, 4) is 5.75 Å². The highest BCUT2D eigenvalue weighted by Crippen LogP contribution is 2.34. The maximum atomic E-state index is 12.4. The Bertz CT molecular complexity index is 1120. The highest BCUT2D eigenvalue weighted by atomic mass is 32.2. The third kappa shape index (κ3) is 5.55. The highest BCUT2D eigenvalue weighted by molar-refractivity contribution is 7.98. The van der Waals surface area contributed by atoms with Crippen LogP contribution in [-0.2, 0) is 15.3 Å². The van der Waals surface area contributed by atoms with E-state index in [-0.39, 0.29) is 17.7 Å². The molecule has 0 aliphatic carbocycles. The summed E-state index contributed by atoms with van der Waals surface area (Å²) < 4.78 is 10.6. The van der Waals surface area contributed by atoms with E-state index in [4.69, 9.17) is 14.3 Å². The lowest BCUT2D eigenvalue weighted by atomic mass is 9.91. The molecule has 2 aromatic carbocycles. The molecule has 3 aromatic rings. The van der Waals surface area contributed by atoms with E-state index in [0.29, 0.717) is 17.1 Å². The van der Waals surface area contributed by atoms with Gasteiger partial charge in [-0.3, -0.25) is 9.59 Å². The molecule has 160 valence electrons. The molecule has 1 atom stereocenters. The van der Waals surface area contributed by atoms with Crippen LogP contribution in [0.5, 0.6) is 5.75 Å². The second kappa shape index (κ2) is 9.99. The highest BCUT2D eigenvalue weighted by Gasteiger charge is 2.26. The first kappa shape index (κ1) is 22.2. The van der Waals surface area contributed by atoms with Crippen LogP contribution in [0.15, 0.2) is 74.8 Å². The average Bonchev–Trinajstić information content (AvgIpc) is 2.79. The molecule has 3 rings (SSSR count). The molecule has 2 N–H and O–H groups in total. The van der Waals surface area contributed by atoms with Crippen molar-refractivity contribution in [3.05, 3.63) is 93.5 Å². The fraction of sp³-hybridized carbons (Fsp3) is 0.174. The summed E-state index contributed by atoms with van der Waals surface area (Å²) in [4.78, 5) is 36.5. The van der Waals surface area contributed by atoms with E-state index in [1.807, 2.05) is 30.3 Å². The monoisotopic (exact) mass is 440 g/mol. The predicted molar refractivity (Wildman–Crippen MR) is 115 cm³/mol. The van der Waals surface area contributed by atoms with Gasteiger partial charge in [-0.25, -0.2) is 4.79 Å². The van der Waals surface area contributed by atoms with Crippen molar-refractivity contribution in [2.24, 2.45) is 0 Å². The summed E-state index contributed by atoms with van der Waals surface area (Å²) in [6, 6.07) is 16.6. The number of rotatable bonds is 8. The molecule has 0 spiro atoms. The van der Waals surface area contributed by atoms with Crippen LogP contribution in [0.3, 0.4) is 0 Å². The molecule has 7 nitrogen and oxygen atoms in total. The van der Waals surface area contributed by atoms with Crippen molar-refractivity contribution in [1.29, 1.82) is 0 Å². The van der Waals surface area contributed by atoms with Crippen LogP contribution in [-0.4, -0.2) is 29.3 Å². The Kier molecular flexibility index (Phi) is 7.15. The Hall–Kier alpha value is -3.52. The van der Waals surface area contributed by atoms with E-state index >= 15 is 0 Å². The summed E-state index contributed by atoms with van der Waals surface area (Å²) >= 11 is 1.46. The number of aromatic hydroxyl groups is 1. The Labute approximate surface area is 182 Å². The number of thioether (sulfide) groups is 1. The maximum Gasteiger partial charge on any atom is 0.335 e. The first-order valence-corrected chi connectivity index (χ1v) is 10.3. The zero-order valence-electron chi connectivity index (χ0n) is 16.6. The maximum absolute atomic E-state index is 12.4. The molecule has 0 bridgehead atoms. The summed E-state index contributed by atoms with van der Waals surface area (Å²) in [6.07, 6.45) is -0.200. The van der Waals surface area contributed by atoms with E-state index in [1.165, 1.54) is 49.2 Å². The van der Waals surface area contributed by atoms with Crippen molar-refractivity contribution < 1.29 is 29.0 Å². The molecular formula is C23H20O7S. The van der Waals surface area contributed by atoms with E-state index in [2.05, 4.69) is 0 Å². The third-order valence-electron chi connectivity index (χ3n) is 4.60. The third-order valence-corrected chi connectivity index (χ3v) is 5.63. The molecule has 1 aromatic heterocycles. The molecule has 0 aliphatic heterocycles. The van der Waals surface area contributed by atoms with Gasteiger partial charge in [-0.2, -0.15) is 0 Å². The van der Waals surface area contributed by atoms with Gasteiger partial charge in [0.2, 0.25) is 11.2 Å². The molecule has 0 amide bonds. The number of methoxy groups -OCH3 is 1. The Balaban J connectivity index is 1.98. The number of carboxylic acids is 1. The molecule has 0 fully saturated rings. The van der Waals surface area contributed by atoms with Gasteiger partial charge in [0.25, 0.3) is 0 Å². The quantitative estimate of drug-likeness (QED) is 0.399. The van der Waals surface area contributed by atoms with Gasteiger partial charge in [-0.15, -0.1) is 11.8 Å². The summed E-state index contributed by atoms with van der Waals surface area (Å²) in [7, 11) is 1.23. The minimum atomic E-state index is -1.09. The largest absolute Gasteiger partial charge is 0.502 e. The first-order valence-electron chi connectivity index (χ1n) is 9.33. The van der Waals surface area contributed by atoms with Gasteiger partial charge in [-0.05, 0) is 29.8 Å². The van der Waals surface area contributed by atoms with Crippen LogP contribution in [0.25, 0.3) is 0 Å². The summed E-state index contributed by atoms with van der Waals surface area (Å²) in [5.74, 6) is -2.47. The van der Waals surface area contributed by atoms with Crippen molar-refractivity contribution in [2.45, 2.75) is 23.0 Å². The number of benzene rings is 2. The molecule has 0 radical (unpaired) electrons. The molecule has 0 saturated carbocycles. The molecule has 0 aliphatic rings. The lowest BCUT2D eigenvalue weighted by molar-refractivity contribution is -0.140. The fourth-order valence-corrected chi connectivity index (χ4v) is 3.80. The Morgan fingerprint density at radius 3 is 2.39 bits per heavy atom. The number of carbonyl (C=O) groups is 2. The second-order valence-corrected chi connectivity index (χ2v) is 7.70. The van der Waals surface area contributed by atoms with Gasteiger partial charge in [0.1, 0.15) is 5.76 Å². The average molecular weight is 440 g/mol. The van der Waals surface area contributed by atoms with E-state index < -0.39 is 29.0 Å². The van der Waals surface area contributed by atoms with Crippen LogP contribution in [0.1, 0.15) is 39.8 Å². The number of hydrogen-bond donors (Lipinski definition) is 2. The predicted octanol–water partition coefficient (Wildman–Crippen LogP) is 4.03. The number of ether oxygens (including phenoxy) is 1. The number of carbonyl (C=O) groups excluding carboxylic acids is 1. The van der Waals surface area contributed by atoms with Crippen LogP contribution in [0.2, 0.25) is 0 Å². The van der Waals surface area contributed by atoms with E-state index in [1.54, 1.807) is 0 Å². The van der Waals surface area contributed by atoms with Crippen molar-refractivity contribution >= 4 is 23.7 Å². The van der Waals surface area contributed by atoms with Gasteiger partial charge in [0.15, 0.2) is 5.76 Å². The topological polar surface area (TPSA) is 114 Å². The van der Waals surface area contributed by atoms with Gasteiger partial charge >= 0.3 is 11.9 Å². The van der Waals surface area contributed by atoms with E-state index in [0.717, 1.165) is 4.90 Å². The zero-order chi connectivity index (χ0) is 22.4. The minimum absolute atomic E-state index is 0.0652.